The molecule has 3 fully saturated rings. The SMILES string of the molecule is C[C@@H]1CCCCN1Cc1sc(CC(=O)c2cnc(N3CCC(C(=O)O)CC3)cn2)nc1-c1ccc(N2CCOCC2)c(C(F)(F)F)c1. The van der Waals surface area contributed by atoms with Crippen LogP contribution in [-0.4, -0.2) is 88.7 Å². The Kier molecular flexibility index (Phi) is 10.1. The van der Waals surface area contributed by atoms with Crippen molar-refractivity contribution in [2.75, 3.05) is 55.7 Å². The number of alkyl halides is 3. The molecule has 2 aromatic heterocycles. The second-order valence-corrected chi connectivity index (χ2v) is 13.7. The Labute approximate surface area is 275 Å². The van der Waals surface area contributed by atoms with Crippen molar-refractivity contribution in [1.29, 1.82) is 0 Å². The Balaban J connectivity index is 1.25. The number of anilines is 2. The molecule has 0 saturated carbocycles. The van der Waals surface area contributed by atoms with Gasteiger partial charge in [-0.05, 0) is 51.3 Å². The van der Waals surface area contributed by atoms with Crippen molar-refractivity contribution >= 4 is 34.6 Å². The molecule has 0 amide bonds. The summed E-state index contributed by atoms with van der Waals surface area (Å²) in [7, 11) is 0. The number of carbonyl (C=O) groups excluding carboxylic acids is 1. The van der Waals surface area contributed by atoms with Crippen LogP contribution in [0.2, 0.25) is 0 Å². The molecule has 5 heterocycles. The Morgan fingerprint density at radius 1 is 1.00 bits per heavy atom. The molecule has 0 unspecified atom stereocenters. The van der Waals surface area contributed by atoms with E-state index in [9.17, 15) is 27.9 Å². The standard InChI is InChI=1S/C33H39F3N6O4S/c1-21-4-2-3-9-42(21)20-28-31(23-5-6-26(24(16-23)33(34,35)36)40-12-14-46-15-13-40)39-30(47-28)17-27(43)25-18-38-29(19-37-25)41-10-7-22(8-11-41)32(44)45/h5-6,16,18-19,21-22H,2-4,7-15,17,20H2,1H3,(H,44,45)/t21-/m1/s1. The molecule has 252 valence electrons. The molecule has 0 aliphatic carbocycles. The van der Waals surface area contributed by atoms with Crippen LogP contribution in [0.3, 0.4) is 0 Å². The molecule has 1 atom stereocenters. The van der Waals surface area contributed by atoms with E-state index in [1.54, 1.807) is 11.0 Å². The lowest BCUT2D eigenvalue weighted by Crippen LogP contribution is -2.37. The number of aromatic nitrogens is 3. The highest BCUT2D eigenvalue weighted by Gasteiger charge is 2.36. The fourth-order valence-electron chi connectivity index (χ4n) is 6.59. The molecule has 3 aliphatic heterocycles. The summed E-state index contributed by atoms with van der Waals surface area (Å²) in [5.41, 5.74) is 0.448. The molecule has 3 aliphatic rings. The van der Waals surface area contributed by atoms with E-state index in [-0.39, 0.29) is 29.5 Å². The number of hydrogen-bond donors (Lipinski definition) is 1. The van der Waals surface area contributed by atoms with Gasteiger partial charge < -0.3 is 19.6 Å². The molecule has 0 bridgehead atoms. The summed E-state index contributed by atoms with van der Waals surface area (Å²) >= 11 is 1.36. The monoisotopic (exact) mass is 672 g/mol. The minimum atomic E-state index is -4.56. The third kappa shape index (κ3) is 7.76. The zero-order chi connectivity index (χ0) is 33.1. The molecule has 10 nitrogen and oxygen atoms in total. The number of nitrogens with zero attached hydrogens (tertiary/aromatic N) is 6. The van der Waals surface area contributed by atoms with E-state index in [0.717, 1.165) is 30.7 Å². The first kappa shape index (κ1) is 33.3. The predicted octanol–water partition coefficient (Wildman–Crippen LogP) is 5.56. The number of likely N-dealkylation sites (tertiary alicyclic amines) is 1. The van der Waals surface area contributed by atoms with E-state index < -0.39 is 17.7 Å². The van der Waals surface area contributed by atoms with Crippen molar-refractivity contribution in [3.8, 4) is 11.3 Å². The number of piperidine rings is 2. The van der Waals surface area contributed by atoms with Crippen molar-refractivity contribution in [3.63, 3.8) is 0 Å². The van der Waals surface area contributed by atoms with Gasteiger partial charge >= 0.3 is 12.1 Å². The smallest absolute Gasteiger partial charge is 0.418 e. The van der Waals surface area contributed by atoms with Crippen LogP contribution >= 0.6 is 11.3 Å². The summed E-state index contributed by atoms with van der Waals surface area (Å²) in [6, 6.07) is 4.76. The molecule has 0 radical (unpaired) electrons. The van der Waals surface area contributed by atoms with Crippen molar-refractivity contribution in [2.45, 2.75) is 64.2 Å². The van der Waals surface area contributed by atoms with Gasteiger partial charge in [0.05, 0.1) is 49.2 Å². The van der Waals surface area contributed by atoms with E-state index >= 15 is 0 Å². The quantitative estimate of drug-likeness (QED) is 0.290. The van der Waals surface area contributed by atoms with E-state index in [0.29, 0.717) is 86.9 Å². The molecule has 14 heteroatoms. The number of benzene rings is 1. The number of Topliss-reactive ketones (excluding diaryl/α,β-unsaturated/α-hetero) is 1. The highest BCUT2D eigenvalue weighted by molar-refractivity contribution is 7.12. The maximum Gasteiger partial charge on any atom is 0.418 e. The number of aliphatic carboxylic acids is 1. The second kappa shape index (κ2) is 14.2. The maximum absolute atomic E-state index is 14.4. The first-order chi connectivity index (χ1) is 22.6. The number of carboxylic acid groups (broad SMARTS) is 1. The largest absolute Gasteiger partial charge is 0.481 e. The summed E-state index contributed by atoms with van der Waals surface area (Å²) in [6.07, 6.45) is 2.63. The van der Waals surface area contributed by atoms with Gasteiger partial charge in [-0.3, -0.25) is 14.5 Å². The van der Waals surface area contributed by atoms with Gasteiger partial charge in [-0.1, -0.05) is 12.5 Å². The summed E-state index contributed by atoms with van der Waals surface area (Å²) in [5, 5.41) is 9.77. The van der Waals surface area contributed by atoms with Gasteiger partial charge in [0.15, 0.2) is 5.78 Å². The van der Waals surface area contributed by atoms with Gasteiger partial charge in [0.2, 0.25) is 0 Å². The molecule has 6 rings (SSSR count). The van der Waals surface area contributed by atoms with Crippen molar-refractivity contribution in [2.24, 2.45) is 5.92 Å². The number of hydrogen-bond acceptors (Lipinski definition) is 10. The van der Waals surface area contributed by atoms with Gasteiger partial charge in [0, 0.05) is 54.9 Å². The first-order valence-corrected chi connectivity index (χ1v) is 17.0. The summed E-state index contributed by atoms with van der Waals surface area (Å²) in [6.45, 7) is 6.21. The highest BCUT2D eigenvalue weighted by atomic mass is 32.1. The molecule has 3 aromatic rings. The first-order valence-electron chi connectivity index (χ1n) is 16.2. The van der Waals surface area contributed by atoms with Crippen LogP contribution in [0.4, 0.5) is 24.7 Å². The minimum absolute atomic E-state index is 0.0523. The number of halogens is 3. The van der Waals surface area contributed by atoms with Crippen molar-refractivity contribution < 1.29 is 32.6 Å². The van der Waals surface area contributed by atoms with Gasteiger partial charge in [-0.15, -0.1) is 11.3 Å². The summed E-state index contributed by atoms with van der Waals surface area (Å²) in [5.74, 6) is -0.859. The number of thiazole rings is 1. The van der Waals surface area contributed by atoms with Crippen LogP contribution in [0, 0.1) is 5.92 Å². The molecule has 0 spiro atoms. The maximum atomic E-state index is 14.4. The number of rotatable bonds is 9. The summed E-state index contributed by atoms with van der Waals surface area (Å²) < 4.78 is 48.6. The Hall–Kier alpha value is -3.62. The third-order valence-corrected chi connectivity index (χ3v) is 10.4. The lowest BCUT2D eigenvalue weighted by molar-refractivity contribution is -0.142. The van der Waals surface area contributed by atoms with Crippen molar-refractivity contribution in [3.05, 3.63) is 51.7 Å². The van der Waals surface area contributed by atoms with E-state index in [4.69, 9.17) is 9.72 Å². The van der Waals surface area contributed by atoms with E-state index in [1.165, 1.54) is 35.9 Å². The van der Waals surface area contributed by atoms with Crippen LogP contribution < -0.4 is 9.80 Å². The zero-order valence-corrected chi connectivity index (χ0v) is 27.2. The lowest BCUT2D eigenvalue weighted by atomic mass is 9.97. The minimum Gasteiger partial charge on any atom is -0.481 e. The van der Waals surface area contributed by atoms with Crippen LogP contribution in [0.25, 0.3) is 11.3 Å². The second-order valence-electron chi connectivity index (χ2n) is 12.5. The third-order valence-electron chi connectivity index (χ3n) is 9.36. The van der Waals surface area contributed by atoms with Crippen LogP contribution in [-0.2, 0) is 28.7 Å². The average Bonchev–Trinajstić information content (AvgIpc) is 3.47. The summed E-state index contributed by atoms with van der Waals surface area (Å²) in [4.78, 5) is 45.0. The molecule has 1 aromatic carbocycles. The van der Waals surface area contributed by atoms with Crippen molar-refractivity contribution in [1.82, 2.24) is 19.9 Å². The topological polar surface area (TPSA) is 112 Å². The number of carbonyl (C=O) groups is 2. The molecular weight excluding hydrogens is 633 g/mol. The van der Waals surface area contributed by atoms with Gasteiger partial charge in [-0.25, -0.2) is 15.0 Å². The fourth-order valence-corrected chi connectivity index (χ4v) is 7.70. The van der Waals surface area contributed by atoms with E-state index in [2.05, 4.69) is 21.8 Å². The number of carboxylic acids is 1. The van der Waals surface area contributed by atoms with Gasteiger partial charge in [-0.2, -0.15) is 13.2 Å². The number of ether oxygens (including phenoxy) is 1. The Morgan fingerprint density at radius 3 is 2.43 bits per heavy atom. The van der Waals surface area contributed by atoms with Gasteiger partial charge in [0.25, 0.3) is 0 Å². The highest BCUT2D eigenvalue weighted by Crippen LogP contribution is 2.41. The number of ketones is 1. The Morgan fingerprint density at radius 2 is 1.77 bits per heavy atom. The zero-order valence-electron chi connectivity index (χ0n) is 26.3. The van der Waals surface area contributed by atoms with Gasteiger partial charge in [0.1, 0.15) is 16.5 Å². The van der Waals surface area contributed by atoms with E-state index in [1.807, 2.05) is 4.90 Å². The van der Waals surface area contributed by atoms with Crippen LogP contribution in [0.15, 0.2) is 30.6 Å². The molecule has 1 N–H and O–H groups in total. The molecular formula is C33H39F3N6O4S. The van der Waals surface area contributed by atoms with Crippen LogP contribution in [0.5, 0.6) is 0 Å². The molecule has 3 saturated heterocycles. The normalized spacial score (nSPS) is 20.0. The van der Waals surface area contributed by atoms with Crippen LogP contribution in [0.1, 0.15) is 65.0 Å². The number of morpholine rings is 1. The fraction of sp³-hybridized carbons (Fsp3) is 0.545. The lowest BCUT2D eigenvalue weighted by Gasteiger charge is -2.33. The average molecular weight is 673 g/mol. The molecule has 47 heavy (non-hydrogen) atoms. The predicted molar refractivity (Wildman–Crippen MR) is 172 cm³/mol. The Bertz CT molecular complexity index is 1570.